The minimum atomic E-state index is 0.567. The van der Waals surface area contributed by atoms with E-state index in [0.29, 0.717) is 10.7 Å². The molecule has 0 bridgehead atoms. The minimum absolute atomic E-state index is 0.567. The third kappa shape index (κ3) is 1.88. The molecule has 1 aromatic carbocycles. The summed E-state index contributed by atoms with van der Waals surface area (Å²) in [7, 11) is 0. The zero-order valence-electron chi connectivity index (χ0n) is 8.50. The molecule has 0 fully saturated rings. The number of nitrogens with one attached hydrogen (secondary N) is 1. The lowest BCUT2D eigenvalue weighted by Gasteiger charge is -1.94. The summed E-state index contributed by atoms with van der Waals surface area (Å²) >= 11 is 13.3. The van der Waals surface area contributed by atoms with Crippen molar-refractivity contribution in [2.75, 3.05) is 5.73 Å². The van der Waals surface area contributed by atoms with Gasteiger partial charge in [-0.25, -0.2) is 4.98 Å². The summed E-state index contributed by atoms with van der Waals surface area (Å²) in [5.41, 5.74) is 7.99. The molecule has 0 unspecified atom stereocenters. The van der Waals surface area contributed by atoms with Crippen molar-refractivity contribution < 1.29 is 0 Å². The largest absolute Gasteiger partial charge is 0.397 e. The Labute approximate surface area is 111 Å². The molecular weight excluding hydrogens is 277 g/mol. The molecular formula is C11H7Cl2N3S. The lowest BCUT2D eigenvalue weighted by atomic mass is 10.3. The molecule has 0 radical (unpaired) electrons. The number of hydrogen-bond acceptors (Lipinski definition) is 3. The molecule has 17 heavy (non-hydrogen) atoms. The number of fused-ring (bicyclic) bond motifs is 1. The number of hydrogen-bond donors (Lipinski definition) is 2. The molecule has 3 aromatic rings. The normalized spacial score (nSPS) is 11.2. The van der Waals surface area contributed by atoms with Gasteiger partial charge >= 0.3 is 0 Å². The maximum absolute atomic E-state index is 5.94. The number of halogens is 2. The topological polar surface area (TPSA) is 54.7 Å². The third-order valence-electron chi connectivity index (χ3n) is 2.39. The van der Waals surface area contributed by atoms with Crippen LogP contribution >= 0.6 is 34.5 Å². The Kier molecular flexibility index (Phi) is 2.50. The van der Waals surface area contributed by atoms with E-state index in [1.807, 2.05) is 12.1 Å². The number of aromatic amines is 1. The van der Waals surface area contributed by atoms with E-state index in [1.54, 1.807) is 12.1 Å². The fourth-order valence-corrected chi connectivity index (χ4v) is 2.88. The molecule has 0 saturated heterocycles. The summed E-state index contributed by atoms with van der Waals surface area (Å²) in [6.45, 7) is 0. The van der Waals surface area contributed by atoms with Gasteiger partial charge < -0.3 is 10.7 Å². The van der Waals surface area contributed by atoms with Crippen LogP contribution in [-0.2, 0) is 0 Å². The lowest BCUT2D eigenvalue weighted by Crippen LogP contribution is -1.86. The smallest absolute Gasteiger partial charge is 0.148 e. The number of anilines is 1. The number of nitrogen functional groups attached to an aromatic ring is 1. The van der Waals surface area contributed by atoms with Gasteiger partial charge in [0.1, 0.15) is 11.3 Å². The fraction of sp³-hybridized carbons (Fsp3) is 0. The molecule has 6 heteroatoms. The lowest BCUT2D eigenvalue weighted by molar-refractivity contribution is 1.36. The number of imidazole rings is 1. The Morgan fingerprint density at radius 2 is 2.06 bits per heavy atom. The maximum atomic E-state index is 5.94. The van der Waals surface area contributed by atoms with Crippen LogP contribution in [0.4, 0.5) is 5.69 Å². The highest BCUT2D eigenvalue weighted by atomic mass is 35.5. The van der Waals surface area contributed by atoms with Gasteiger partial charge in [-0.05, 0) is 24.3 Å². The van der Waals surface area contributed by atoms with Crippen molar-refractivity contribution in [3.05, 3.63) is 33.6 Å². The van der Waals surface area contributed by atoms with Crippen molar-refractivity contribution in [3.63, 3.8) is 0 Å². The highest BCUT2D eigenvalue weighted by Crippen LogP contribution is 2.32. The van der Waals surface area contributed by atoms with E-state index in [9.17, 15) is 0 Å². The van der Waals surface area contributed by atoms with Gasteiger partial charge in [-0.3, -0.25) is 0 Å². The Bertz CT molecular complexity index is 702. The number of nitrogens with zero attached hydrogens (tertiary/aromatic N) is 1. The van der Waals surface area contributed by atoms with Crippen LogP contribution in [0, 0.1) is 0 Å². The second kappa shape index (κ2) is 3.91. The average Bonchev–Trinajstić information content (AvgIpc) is 2.83. The van der Waals surface area contributed by atoms with Gasteiger partial charge in [0.2, 0.25) is 0 Å². The van der Waals surface area contributed by atoms with Gasteiger partial charge in [0.15, 0.2) is 0 Å². The first-order valence-electron chi connectivity index (χ1n) is 4.84. The Balaban J connectivity index is 2.23. The van der Waals surface area contributed by atoms with Gasteiger partial charge in [0, 0.05) is 5.02 Å². The Morgan fingerprint density at radius 3 is 2.76 bits per heavy atom. The first-order chi connectivity index (χ1) is 8.13. The van der Waals surface area contributed by atoms with Gasteiger partial charge in [-0.1, -0.05) is 23.2 Å². The highest BCUT2D eigenvalue weighted by molar-refractivity contribution is 7.19. The number of nitrogens with two attached hydrogens (primary N) is 1. The second-order valence-corrected chi connectivity index (χ2v) is 5.73. The van der Waals surface area contributed by atoms with Crippen LogP contribution in [0.25, 0.3) is 21.7 Å². The summed E-state index contributed by atoms with van der Waals surface area (Å²) in [6, 6.07) is 7.25. The molecule has 2 aromatic heterocycles. The van der Waals surface area contributed by atoms with E-state index in [-0.39, 0.29) is 0 Å². The van der Waals surface area contributed by atoms with Gasteiger partial charge in [-0.2, -0.15) is 0 Å². The molecule has 3 N–H and O–H groups in total. The Morgan fingerprint density at radius 1 is 1.24 bits per heavy atom. The second-order valence-electron chi connectivity index (χ2n) is 3.58. The van der Waals surface area contributed by atoms with Gasteiger partial charge in [0.05, 0.1) is 20.4 Å². The minimum Gasteiger partial charge on any atom is -0.397 e. The molecule has 0 amide bonds. The van der Waals surface area contributed by atoms with Crippen LogP contribution in [0.15, 0.2) is 24.3 Å². The van der Waals surface area contributed by atoms with Crippen LogP contribution in [0.2, 0.25) is 9.36 Å². The van der Waals surface area contributed by atoms with E-state index >= 15 is 0 Å². The zero-order valence-corrected chi connectivity index (χ0v) is 10.8. The van der Waals surface area contributed by atoms with Crippen molar-refractivity contribution in [1.82, 2.24) is 9.97 Å². The third-order valence-corrected chi connectivity index (χ3v) is 3.84. The maximum Gasteiger partial charge on any atom is 0.148 e. The summed E-state index contributed by atoms with van der Waals surface area (Å²) in [6.07, 6.45) is 0. The van der Waals surface area contributed by atoms with E-state index in [2.05, 4.69) is 9.97 Å². The molecule has 0 aliphatic heterocycles. The fourth-order valence-electron chi connectivity index (χ4n) is 1.67. The molecule has 0 atom stereocenters. The van der Waals surface area contributed by atoms with Crippen molar-refractivity contribution in [1.29, 1.82) is 0 Å². The first kappa shape index (κ1) is 10.9. The quantitative estimate of drug-likeness (QED) is 0.658. The van der Waals surface area contributed by atoms with Gasteiger partial charge in [-0.15, -0.1) is 11.3 Å². The van der Waals surface area contributed by atoms with Crippen LogP contribution in [0.5, 0.6) is 0 Å². The predicted molar refractivity (Wildman–Crippen MR) is 73.8 cm³/mol. The Hall–Kier alpha value is -1.23. The number of H-pyrrole nitrogens is 1. The average molecular weight is 284 g/mol. The molecule has 0 saturated carbocycles. The van der Waals surface area contributed by atoms with Crippen molar-refractivity contribution in [2.45, 2.75) is 0 Å². The van der Waals surface area contributed by atoms with E-state index in [4.69, 9.17) is 28.9 Å². The van der Waals surface area contributed by atoms with Crippen LogP contribution < -0.4 is 5.73 Å². The monoisotopic (exact) mass is 283 g/mol. The molecule has 0 spiro atoms. The van der Waals surface area contributed by atoms with Crippen molar-refractivity contribution in [3.8, 4) is 10.7 Å². The van der Waals surface area contributed by atoms with Crippen LogP contribution in [-0.4, -0.2) is 9.97 Å². The molecule has 86 valence electrons. The highest BCUT2D eigenvalue weighted by Gasteiger charge is 2.10. The predicted octanol–water partition coefficient (Wildman–Crippen LogP) is 4.18. The zero-order chi connectivity index (χ0) is 12.0. The van der Waals surface area contributed by atoms with Gasteiger partial charge in [0.25, 0.3) is 0 Å². The number of rotatable bonds is 1. The SMILES string of the molecule is Nc1cc(Cl)cc2[nH]c(-c3ccc(Cl)s3)nc12. The molecule has 0 aliphatic carbocycles. The molecule has 0 aliphatic rings. The van der Waals surface area contributed by atoms with Crippen LogP contribution in [0.1, 0.15) is 0 Å². The van der Waals surface area contributed by atoms with Crippen molar-refractivity contribution in [2.24, 2.45) is 0 Å². The van der Waals surface area contributed by atoms with Crippen molar-refractivity contribution >= 4 is 51.3 Å². The van der Waals surface area contributed by atoms with Crippen LogP contribution in [0.3, 0.4) is 0 Å². The van der Waals surface area contributed by atoms with E-state index in [1.165, 1.54) is 11.3 Å². The molecule has 2 heterocycles. The summed E-state index contributed by atoms with van der Waals surface area (Å²) in [5.74, 6) is 0.755. The molecule has 3 nitrogen and oxygen atoms in total. The standard InChI is InChI=1S/C11H7Cl2N3S/c12-5-3-6(14)10-7(4-5)15-11(16-10)8-1-2-9(13)17-8/h1-4H,14H2,(H,15,16). The van der Waals surface area contributed by atoms with E-state index in [0.717, 1.165) is 26.1 Å². The molecule has 3 rings (SSSR count). The van der Waals surface area contributed by atoms with E-state index < -0.39 is 0 Å². The first-order valence-corrected chi connectivity index (χ1v) is 6.41. The number of thiophene rings is 1. The number of benzene rings is 1. The number of aromatic nitrogens is 2. The summed E-state index contributed by atoms with van der Waals surface area (Å²) < 4.78 is 0.728. The summed E-state index contributed by atoms with van der Waals surface area (Å²) in [5, 5.41) is 0.592. The summed E-state index contributed by atoms with van der Waals surface area (Å²) in [4.78, 5) is 8.61.